The van der Waals surface area contributed by atoms with Gasteiger partial charge in [0.05, 0.1) is 19.7 Å². The van der Waals surface area contributed by atoms with E-state index < -0.39 is 5.60 Å². The molecule has 2 rings (SSSR count). The van der Waals surface area contributed by atoms with Crippen LogP contribution in [-0.2, 0) is 16.9 Å². The Morgan fingerprint density at radius 1 is 1.21 bits per heavy atom. The number of methoxy groups -OCH3 is 1. The molecule has 7 heteroatoms. The second-order valence-corrected chi connectivity index (χ2v) is 7.14. The molecule has 0 saturated heterocycles. The van der Waals surface area contributed by atoms with E-state index in [-0.39, 0.29) is 0 Å². The van der Waals surface area contributed by atoms with Gasteiger partial charge in [-0.1, -0.05) is 12.1 Å². The number of hydrogen-bond donors (Lipinski definition) is 3. The first kappa shape index (κ1) is 22.8. The molecule has 0 radical (unpaired) electrons. The van der Waals surface area contributed by atoms with Crippen LogP contribution in [0.2, 0.25) is 0 Å². The lowest BCUT2D eigenvalue weighted by molar-refractivity contribution is 0.0601. The zero-order valence-corrected chi connectivity index (χ0v) is 18.0. The number of hydrogen-bond acceptors (Lipinski definition) is 5. The first-order chi connectivity index (χ1) is 13.9. The number of rotatable bonds is 10. The third kappa shape index (κ3) is 7.11. The average molecular weight is 404 g/mol. The molecule has 0 saturated carbocycles. The van der Waals surface area contributed by atoms with Gasteiger partial charge in [-0.05, 0) is 51.5 Å². The summed E-state index contributed by atoms with van der Waals surface area (Å²) in [4.78, 5) is 4.63. The lowest BCUT2D eigenvalue weighted by Gasteiger charge is -2.24. The van der Waals surface area contributed by atoms with Gasteiger partial charge in [0.2, 0.25) is 0 Å². The van der Waals surface area contributed by atoms with E-state index in [0.717, 1.165) is 34.9 Å². The number of nitrogens with zero attached hydrogens (tertiary/aromatic N) is 1. The molecule has 0 aliphatic heterocycles. The summed E-state index contributed by atoms with van der Waals surface area (Å²) in [6.07, 6.45) is 0. The molecule has 0 amide bonds. The Morgan fingerprint density at radius 2 is 2.00 bits per heavy atom. The first-order valence-electron chi connectivity index (χ1n) is 9.88. The molecule has 0 aliphatic carbocycles. The maximum atomic E-state index is 10.9. The maximum Gasteiger partial charge on any atom is 0.191 e. The van der Waals surface area contributed by atoms with Crippen LogP contribution in [-0.4, -0.2) is 44.5 Å². The third-order valence-corrected chi connectivity index (χ3v) is 4.44. The van der Waals surface area contributed by atoms with Gasteiger partial charge in [0.25, 0.3) is 0 Å². The van der Waals surface area contributed by atoms with E-state index >= 15 is 0 Å². The van der Waals surface area contributed by atoms with Gasteiger partial charge >= 0.3 is 0 Å². The molecule has 0 spiro atoms. The molecule has 1 atom stereocenters. The average Bonchev–Trinajstić information content (AvgIpc) is 3.04. The Bertz CT molecular complexity index is 799. The molecule has 1 aromatic carbocycles. The minimum Gasteiger partial charge on any atom is -0.491 e. The van der Waals surface area contributed by atoms with Crippen LogP contribution in [0.25, 0.3) is 0 Å². The second kappa shape index (κ2) is 10.9. The van der Waals surface area contributed by atoms with E-state index in [1.807, 2.05) is 51.1 Å². The summed E-state index contributed by atoms with van der Waals surface area (Å²) in [7, 11) is 1.65. The van der Waals surface area contributed by atoms with Crippen LogP contribution in [0.4, 0.5) is 0 Å². The molecule has 1 unspecified atom stereocenters. The lowest BCUT2D eigenvalue weighted by Crippen LogP contribution is -2.44. The molecule has 29 heavy (non-hydrogen) atoms. The Hall–Kier alpha value is -2.51. The van der Waals surface area contributed by atoms with Crippen LogP contribution in [0, 0.1) is 13.8 Å². The molecule has 160 valence electrons. The number of guanidine groups is 1. The smallest absolute Gasteiger partial charge is 0.191 e. The molecule has 3 N–H and O–H groups in total. The molecular formula is C22H33N3O4. The molecular weight excluding hydrogens is 370 g/mol. The van der Waals surface area contributed by atoms with E-state index in [4.69, 9.17) is 13.9 Å². The number of furan rings is 1. The predicted octanol–water partition coefficient (Wildman–Crippen LogP) is 2.88. The van der Waals surface area contributed by atoms with Gasteiger partial charge in [-0.3, -0.25) is 0 Å². The molecule has 0 bridgehead atoms. The summed E-state index contributed by atoms with van der Waals surface area (Å²) in [6.45, 7) is 10.1. The van der Waals surface area contributed by atoms with Crippen LogP contribution in [0.15, 0.2) is 39.7 Å². The van der Waals surface area contributed by atoms with Gasteiger partial charge < -0.3 is 29.6 Å². The number of aliphatic hydroxyl groups is 1. The van der Waals surface area contributed by atoms with E-state index in [2.05, 4.69) is 15.6 Å². The Labute approximate surface area is 173 Å². The van der Waals surface area contributed by atoms with Crippen molar-refractivity contribution < 1.29 is 19.0 Å². The molecule has 1 heterocycles. The van der Waals surface area contributed by atoms with Crippen molar-refractivity contribution in [1.29, 1.82) is 0 Å². The normalized spacial score (nSPS) is 13.8. The van der Waals surface area contributed by atoms with E-state index in [0.29, 0.717) is 32.3 Å². The molecule has 0 aliphatic rings. The fourth-order valence-corrected chi connectivity index (χ4v) is 3.01. The summed E-state index contributed by atoms with van der Waals surface area (Å²) in [6, 6.07) is 9.71. The first-order valence-corrected chi connectivity index (χ1v) is 9.88. The van der Waals surface area contributed by atoms with Crippen molar-refractivity contribution in [3.8, 4) is 5.75 Å². The maximum absolute atomic E-state index is 10.9. The summed E-state index contributed by atoms with van der Waals surface area (Å²) in [5, 5.41) is 17.3. The predicted molar refractivity (Wildman–Crippen MR) is 114 cm³/mol. The van der Waals surface area contributed by atoms with Crippen molar-refractivity contribution in [2.75, 3.05) is 33.4 Å². The van der Waals surface area contributed by atoms with Crippen LogP contribution in [0.3, 0.4) is 0 Å². The van der Waals surface area contributed by atoms with Crippen molar-refractivity contribution in [2.45, 2.75) is 39.8 Å². The number of nitrogens with one attached hydrogen (secondary N) is 2. The summed E-state index contributed by atoms with van der Waals surface area (Å²) < 4.78 is 16.2. The quantitative estimate of drug-likeness (QED) is 0.321. The highest BCUT2D eigenvalue weighted by atomic mass is 16.5. The Morgan fingerprint density at radius 3 is 2.66 bits per heavy atom. The highest BCUT2D eigenvalue weighted by Gasteiger charge is 2.27. The Balaban J connectivity index is 2.01. The highest BCUT2D eigenvalue weighted by molar-refractivity contribution is 5.79. The van der Waals surface area contributed by atoms with E-state index in [9.17, 15) is 5.11 Å². The number of aliphatic imine (C=N–C) groups is 1. The monoisotopic (exact) mass is 403 g/mol. The van der Waals surface area contributed by atoms with Crippen molar-refractivity contribution in [1.82, 2.24) is 10.6 Å². The third-order valence-electron chi connectivity index (χ3n) is 4.44. The molecule has 1 aromatic heterocycles. The second-order valence-electron chi connectivity index (χ2n) is 7.14. The fraction of sp³-hybridized carbons (Fsp3) is 0.500. The van der Waals surface area contributed by atoms with Crippen molar-refractivity contribution in [2.24, 2.45) is 4.99 Å². The zero-order chi connectivity index (χ0) is 21.3. The van der Waals surface area contributed by atoms with Gasteiger partial charge in [-0.25, -0.2) is 4.99 Å². The van der Waals surface area contributed by atoms with Crippen LogP contribution in [0.5, 0.6) is 5.75 Å². The zero-order valence-electron chi connectivity index (χ0n) is 18.0. The standard InChI is InChI=1S/C22H33N3O4/c1-6-23-21(25-15-22(4,26)20-12-16(2)29-17(20)3)24-14-18-8-7-9-19(13-18)28-11-10-27-5/h7-9,12-13,26H,6,10-11,14-15H2,1-5H3,(H2,23,24,25). The number of ether oxygens (including phenoxy) is 2. The number of aryl methyl sites for hydroxylation is 2. The van der Waals surface area contributed by atoms with Crippen LogP contribution in [0.1, 0.15) is 36.5 Å². The number of benzene rings is 1. The SMILES string of the molecule is CCNC(=NCc1cccc(OCCOC)c1)NCC(C)(O)c1cc(C)oc1C. The van der Waals surface area contributed by atoms with E-state index in [1.165, 1.54) is 0 Å². The molecule has 2 aromatic rings. The minimum atomic E-state index is -1.08. The highest BCUT2D eigenvalue weighted by Crippen LogP contribution is 2.26. The van der Waals surface area contributed by atoms with Crippen molar-refractivity contribution >= 4 is 5.96 Å². The van der Waals surface area contributed by atoms with Gasteiger partial charge in [-0.15, -0.1) is 0 Å². The summed E-state index contributed by atoms with van der Waals surface area (Å²) in [5.41, 5.74) is 0.733. The van der Waals surface area contributed by atoms with Gasteiger partial charge in [-0.2, -0.15) is 0 Å². The molecule has 7 nitrogen and oxygen atoms in total. The summed E-state index contributed by atoms with van der Waals surface area (Å²) in [5.74, 6) is 2.94. The largest absolute Gasteiger partial charge is 0.491 e. The topological polar surface area (TPSA) is 88.3 Å². The van der Waals surface area contributed by atoms with Gasteiger partial charge in [0.15, 0.2) is 5.96 Å². The van der Waals surface area contributed by atoms with Crippen LogP contribution >= 0.6 is 0 Å². The minimum absolute atomic E-state index is 0.304. The Kier molecular flexibility index (Phi) is 8.54. The lowest BCUT2D eigenvalue weighted by atomic mass is 9.96. The molecule has 0 fully saturated rings. The van der Waals surface area contributed by atoms with E-state index in [1.54, 1.807) is 14.0 Å². The summed E-state index contributed by atoms with van der Waals surface area (Å²) >= 11 is 0. The fourth-order valence-electron chi connectivity index (χ4n) is 3.01. The van der Waals surface area contributed by atoms with Crippen molar-refractivity contribution in [3.05, 3.63) is 53.0 Å². The van der Waals surface area contributed by atoms with Gasteiger partial charge in [0, 0.05) is 19.2 Å². The van der Waals surface area contributed by atoms with Crippen molar-refractivity contribution in [3.63, 3.8) is 0 Å². The van der Waals surface area contributed by atoms with Crippen LogP contribution < -0.4 is 15.4 Å². The van der Waals surface area contributed by atoms with Gasteiger partial charge in [0.1, 0.15) is 29.5 Å².